The van der Waals surface area contributed by atoms with E-state index < -0.39 is 96.7 Å². The summed E-state index contributed by atoms with van der Waals surface area (Å²) in [5, 5.41) is 40.6. The molecule has 5 amide bonds. The highest BCUT2D eigenvalue weighted by Crippen LogP contribution is 2.08. The van der Waals surface area contributed by atoms with Gasteiger partial charge in [0, 0.05) is 36.6 Å². The number of carboxylic acid groups (broad SMARTS) is 2. The minimum atomic E-state index is -1.78. The van der Waals surface area contributed by atoms with Crippen LogP contribution >= 0.6 is 0 Å². The first kappa shape index (κ1) is 41.8. The third-order valence-electron chi connectivity index (χ3n) is 7.58. The van der Waals surface area contributed by atoms with E-state index in [1.807, 2.05) is 0 Å². The number of hydrogen-bond donors (Lipinski definition) is 12. The smallest absolute Gasteiger partial charge is 0.326 e. The van der Waals surface area contributed by atoms with Gasteiger partial charge < -0.3 is 63.3 Å². The number of aliphatic carboxylic acids is 2. The summed E-state index contributed by atoms with van der Waals surface area (Å²) >= 11 is 0. The molecule has 2 heterocycles. The van der Waals surface area contributed by atoms with Gasteiger partial charge in [-0.1, -0.05) is 13.8 Å². The highest BCUT2D eigenvalue weighted by Gasteiger charge is 2.35. The van der Waals surface area contributed by atoms with Crippen molar-refractivity contribution in [1.29, 1.82) is 0 Å². The Hall–Kier alpha value is -5.41. The summed E-state index contributed by atoms with van der Waals surface area (Å²) in [7, 11) is 0. The number of aromatic nitrogens is 4. The fourth-order valence-corrected chi connectivity index (χ4v) is 4.75. The van der Waals surface area contributed by atoms with Crippen LogP contribution in [0.15, 0.2) is 25.0 Å². The molecule has 2 aromatic rings. The first-order valence-electron chi connectivity index (χ1n) is 16.1. The SMILES string of the molecule is CC(C)C(NC(=O)C(CC(=O)O)NC(=O)C(CO)NC(=O)C(N)Cc1cnc[nH]1)C(=O)NC(Cc1cnc[nH]1)C(=O)NC(CCCCN)C(=O)O. The quantitative estimate of drug-likeness (QED) is 0.0487. The second-order valence-corrected chi connectivity index (χ2v) is 12.0. The van der Waals surface area contributed by atoms with Gasteiger partial charge in [-0.3, -0.25) is 28.8 Å². The van der Waals surface area contributed by atoms with Crippen molar-refractivity contribution in [3.63, 3.8) is 0 Å². The fourth-order valence-electron chi connectivity index (χ4n) is 4.75. The highest BCUT2D eigenvalue weighted by molar-refractivity contribution is 5.97. The van der Waals surface area contributed by atoms with Gasteiger partial charge in [-0.15, -0.1) is 0 Å². The van der Waals surface area contributed by atoms with Gasteiger partial charge >= 0.3 is 11.9 Å². The van der Waals surface area contributed by atoms with E-state index in [1.54, 1.807) is 13.8 Å². The van der Waals surface area contributed by atoms with Crippen LogP contribution in [0.25, 0.3) is 0 Å². The van der Waals surface area contributed by atoms with Crippen LogP contribution in [0.1, 0.15) is 50.9 Å². The number of nitrogens with zero attached hydrogens (tertiary/aromatic N) is 2. The molecule has 51 heavy (non-hydrogen) atoms. The largest absolute Gasteiger partial charge is 0.481 e. The van der Waals surface area contributed by atoms with Crippen LogP contribution in [0.5, 0.6) is 0 Å². The molecule has 21 nitrogen and oxygen atoms in total. The van der Waals surface area contributed by atoms with Crippen molar-refractivity contribution < 1.29 is 48.9 Å². The molecule has 0 spiro atoms. The van der Waals surface area contributed by atoms with Gasteiger partial charge in [-0.2, -0.15) is 0 Å². The van der Waals surface area contributed by atoms with E-state index in [0.717, 1.165) is 0 Å². The number of H-pyrrole nitrogens is 2. The molecule has 6 unspecified atom stereocenters. The van der Waals surface area contributed by atoms with Crippen LogP contribution in [-0.4, -0.2) is 126 Å². The lowest BCUT2D eigenvalue weighted by Gasteiger charge is -2.28. The summed E-state index contributed by atoms with van der Waals surface area (Å²) in [6, 6.07) is -8.54. The molecule has 6 atom stereocenters. The lowest BCUT2D eigenvalue weighted by Crippen LogP contribution is -2.61. The maximum absolute atomic E-state index is 13.6. The number of unbranched alkanes of at least 4 members (excludes halogenated alkanes) is 1. The van der Waals surface area contributed by atoms with Crippen LogP contribution < -0.4 is 38.1 Å². The molecule has 14 N–H and O–H groups in total. The van der Waals surface area contributed by atoms with E-state index in [9.17, 15) is 48.9 Å². The number of imidazole rings is 2. The van der Waals surface area contributed by atoms with Crippen molar-refractivity contribution >= 4 is 41.5 Å². The Morgan fingerprint density at radius 2 is 1.25 bits per heavy atom. The summed E-state index contributed by atoms with van der Waals surface area (Å²) < 4.78 is 0. The molecular formula is C30H47N11O10. The van der Waals surface area contributed by atoms with E-state index in [1.165, 1.54) is 25.0 Å². The topological polar surface area (TPSA) is 350 Å². The fraction of sp³-hybridized carbons (Fsp3) is 0.567. The Labute approximate surface area is 292 Å². The number of carbonyl (C=O) groups excluding carboxylic acids is 5. The minimum absolute atomic E-state index is 0.0215. The molecule has 2 rings (SSSR count). The van der Waals surface area contributed by atoms with Gasteiger partial charge in [0.2, 0.25) is 29.5 Å². The number of hydrogen-bond acceptors (Lipinski definition) is 12. The number of rotatable bonds is 23. The van der Waals surface area contributed by atoms with Crippen LogP contribution in [0, 0.1) is 5.92 Å². The lowest BCUT2D eigenvalue weighted by molar-refractivity contribution is -0.142. The monoisotopic (exact) mass is 721 g/mol. The van der Waals surface area contributed by atoms with E-state index in [4.69, 9.17) is 11.5 Å². The number of nitrogens with one attached hydrogen (secondary N) is 7. The van der Waals surface area contributed by atoms with Gasteiger partial charge in [0.1, 0.15) is 30.2 Å². The van der Waals surface area contributed by atoms with Crippen LogP contribution in [-0.2, 0) is 46.4 Å². The third-order valence-corrected chi connectivity index (χ3v) is 7.58. The number of aliphatic hydroxyl groups is 1. The molecule has 0 aliphatic carbocycles. The zero-order chi connectivity index (χ0) is 38.1. The first-order valence-corrected chi connectivity index (χ1v) is 16.1. The predicted octanol–water partition coefficient (Wildman–Crippen LogP) is -3.99. The van der Waals surface area contributed by atoms with Crippen molar-refractivity contribution in [2.45, 2.75) is 88.6 Å². The van der Waals surface area contributed by atoms with Gasteiger partial charge in [-0.05, 0) is 31.7 Å². The number of aromatic amines is 2. The Morgan fingerprint density at radius 1 is 0.725 bits per heavy atom. The number of aliphatic hydroxyl groups excluding tert-OH is 1. The van der Waals surface area contributed by atoms with Crippen molar-refractivity contribution in [3.8, 4) is 0 Å². The molecule has 21 heteroatoms. The molecule has 0 aliphatic rings. The number of carbonyl (C=O) groups is 7. The van der Waals surface area contributed by atoms with Gasteiger partial charge in [0.05, 0.1) is 31.7 Å². The lowest BCUT2D eigenvalue weighted by atomic mass is 10.0. The van der Waals surface area contributed by atoms with Crippen LogP contribution in [0.2, 0.25) is 0 Å². The Morgan fingerprint density at radius 3 is 1.76 bits per heavy atom. The second-order valence-electron chi connectivity index (χ2n) is 12.0. The number of amides is 5. The van der Waals surface area contributed by atoms with E-state index in [-0.39, 0.29) is 19.3 Å². The van der Waals surface area contributed by atoms with Crippen molar-refractivity contribution in [3.05, 3.63) is 36.4 Å². The normalized spacial score (nSPS) is 14.6. The summed E-state index contributed by atoms with van der Waals surface area (Å²) in [4.78, 5) is 103. The highest BCUT2D eigenvalue weighted by atomic mass is 16.4. The summed E-state index contributed by atoms with van der Waals surface area (Å²) in [6.07, 6.45) is 5.55. The summed E-state index contributed by atoms with van der Waals surface area (Å²) in [5.41, 5.74) is 12.3. The van der Waals surface area contributed by atoms with Gasteiger partial charge in [-0.25, -0.2) is 14.8 Å². The molecule has 0 saturated carbocycles. The zero-order valence-electron chi connectivity index (χ0n) is 28.3. The van der Waals surface area contributed by atoms with Crippen molar-refractivity contribution in [1.82, 2.24) is 46.5 Å². The molecule has 2 aromatic heterocycles. The van der Waals surface area contributed by atoms with Gasteiger partial charge in [0.25, 0.3) is 0 Å². The Kier molecular flexibility index (Phi) is 17.2. The van der Waals surface area contributed by atoms with E-state index in [0.29, 0.717) is 30.8 Å². The third kappa shape index (κ3) is 14.2. The molecule has 282 valence electrons. The molecule has 0 bridgehead atoms. The second kappa shape index (κ2) is 21.0. The van der Waals surface area contributed by atoms with E-state index in [2.05, 4.69) is 46.5 Å². The molecule has 0 aliphatic heterocycles. The van der Waals surface area contributed by atoms with Crippen LogP contribution in [0.4, 0.5) is 0 Å². The molecule has 0 saturated heterocycles. The molecular weight excluding hydrogens is 674 g/mol. The maximum atomic E-state index is 13.6. The van der Waals surface area contributed by atoms with E-state index >= 15 is 0 Å². The minimum Gasteiger partial charge on any atom is -0.481 e. The maximum Gasteiger partial charge on any atom is 0.326 e. The van der Waals surface area contributed by atoms with Crippen molar-refractivity contribution in [2.75, 3.05) is 13.2 Å². The first-order chi connectivity index (χ1) is 24.2. The van der Waals surface area contributed by atoms with Crippen molar-refractivity contribution in [2.24, 2.45) is 17.4 Å². The molecule has 0 radical (unpaired) electrons. The summed E-state index contributed by atoms with van der Waals surface area (Å²) in [6.45, 7) is 2.52. The molecule has 0 aromatic carbocycles. The standard InChI is InChI=1S/C30H47N11O10/c1-15(2)24(29(49)39-20(8-17-11-34-14-36-17)26(46)37-19(30(50)51)5-3-4-6-31)41-27(47)21(9-23(43)44)38-28(48)22(12-42)40-25(45)18(32)7-16-10-33-13-35-16/h10-11,13-15,18-22,24,42H,3-9,12,31-32H2,1-2H3,(H,33,35)(H,34,36)(H,37,46)(H,38,48)(H,39,49)(H,40,45)(H,41,47)(H,43,44)(H,50,51). The van der Waals surface area contributed by atoms with Crippen LogP contribution in [0.3, 0.4) is 0 Å². The average molecular weight is 722 g/mol. The Balaban J connectivity index is 2.18. The number of nitrogens with two attached hydrogens (primary N) is 2. The predicted molar refractivity (Wildman–Crippen MR) is 177 cm³/mol. The average Bonchev–Trinajstić information content (AvgIpc) is 3.79. The zero-order valence-corrected chi connectivity index (χ0v) is 28.3. The summed E-state index contributed by atoms with van der Waals surface area (Å²) in [5.74, 6) is -8.16. The number of carboxylic acids is 2. The Bertz CT molecular complexity index is 1450. The molecule has 0 fully saturated rings. The van der Waals surface area contributed by atoms with Gasteiger partial charge in [0.15, 0.2) is 0 Å².